The first-order chi connectivity index (χ1) is 8.95. The van der Waals surface area contributed by atoms with Crippen molar-refractivity contribution >= 4 is 22.9 Å². The quantitative estimate of drug-likeness (QED) is 0.905. The summed E-state index contributed by atoms with van der Waals surface area (Å²) in [5, 5.41) is 5.39. The van der Waals surface area contributed by atoms with Gasteiger partial charge in [0.05, 0.1) is 5.01 Å². The largest absolute Gasteiger partial charge is 0.308 e. The van der Waals surface area contributed by atoms with Crippen molar-refractivity contribution in [1.82, 2.24) is 10.3 Å². The van der Waals surface area contributed by atoms with E-state index < -0.39 is 0 Å². The number of aromatic nitrogens is 1. The Bertz CT molecular complexity index is 543. The summed E-state index contributed by atoms with van der Waals surface area (Å²) in [5.41, 5.74) is 1.34. The van der Waals surface area contributed by atoms with E-state index >= 15 is 0 Å². The smallest absolute Gasteiger partial charge is 0.0981 e. The van der Waals surface area contributed by atoms with Gasteiger partial charge >= 0.3 is 0 Å². The molecule has 0 aliphatic rings. The molecule has 0 saturated carbocycles. The van der Waals surface area contributed by atoms with Gasteiger partial charge in [-0.05, 0) is 17.7 Å². The number of benzene rings is 1. The van der Waals surface area contributed by atoms with Crippen LogP contribution < -0.4 is 5.32 Å². The molecule has 4 heteroatoms. The summed E-state index contributed by atoms with van der Waals surface area (Å²) in [7, 11) is 0. The Balaban J connectivity index is 1.88. The van der Waals surface area contributed by atoms with Crippen LogP contribution in [0.3, 0.4) is 0 Å². The van der Waals surface area contributed by atoms with E-state index in [0.717, 1.165) is 18.1 Å². The first-order valence-corrected chi connectivity index (χ1v) is 7.55. The molecule has 102 valence electrons. The van der Waals surface area contributed by atoms with Crippen LogP contribution in [0, 0.1) is 0 Å². The standard InChI is InChI=1S/C15H19ClN2S/c1-15(2,3)14-18-10-13(19-14)9-17-8-11-5-4-6-12(16)7-11/h4-7,10,17H,8-9H2,1-3H3. The van der Waals surface area contributed by atoms with E-state index in [1.807, 2.05) is 24.4 Å². The van der Waals surface area contributed by atoms with Gasteiger partial charge in [-0.15, -0.1) is 11.3 Å². The van der Waals surface area contributed by atoms with Gasteiger partial charge in [-0.25, -0.2) is 4.98 Å². The van der Waals surface area contributed by atoms with Crippen LogP contribution in [0.2, 0.25) is 5.02 Å². The van der Waals surface area contributed by atoms with Gasteiger partial charge in [-0.3, -0.25) is 0 Å². The van der Waals surface area contributed by atoms with E-state index in [0.29, 0.717) is 0 Å². The zero-order valence-electron chi connectivity index (χ0n) is 11.5. The fourth-order valence-electron chi connectivity index (χ4n) is 1.71. The lowest BCUT2D eigenvalue weighted by atomic mass is 9.98. The highest BCUT2D eigenvalue weighted by molar-refractivity contribution is 7.11. The Morgan fingerprint density at radius 2 is 2.05 bits per heavy atom. The summed E-state index contributed by atoms with van der Waals surface area (Å²) in [6.45, 7) is 8.24. The zero-order valence-corrected chi connectivity index (χ0v) is 13.1. The lowest BCUT2D eigenvalue weighted by Gasteiger charge is -2.13. The second-order valence-electron chi connectivity index (χ2n) is 5.62. The number of nitrogens with zero attached hydrogens (tertiary/aromatic N) is 1. The molecule has 0 aliphatic carbocycles. The molecule has 1 aromatic carbocycles. The SMILES string of the molecule is CC(C)(C)c1ncc(CNCc2cccc(Cl)c2)s1. The fourth-order valence-corrected chi connectivity index (χ4v) is 2.87. The van der Waals surface area contributed by atoms with E-state index in [1.54, 1.807) is 11.3 Å². The highest BCUT2D eigenvalue weighted by Gasteiger charge is 2.17. The third kappa shape index (κ3) is 4.30. The van der Waals surface area contributed by atoms with Crippen molar-refractivity contribution in [3.63, 3.8) is 0 Å². The van der Waals surface area contributed by atoms with Crippen molar-refractivity contribution in [2.75, 3.05) is 0 Å². The number of halogens is 1. The van der Waals surface area contributed by atoms with E-state index in [4.69, 9.17) is 11.6 Å². The first-order valence-electron chi connectivity index (χ1n) is 6.35. The van der Waals surface area contributed by atoms with Gasteiger partial charge in [0.1, 0.15) is 0 Å². The van der Waals surface area contributed by atoms with E-state index in [-0.39, 0.29) is 5.41 Å². The highest BCUT2D eigenvalue weighted by atomic mass is 35.5. The summed E-state index contributed by atoms with van der Waals surface area (Å²) in [5.74, 6) is 0. The van der Waals surface area contributed by atoms with Gasteiger partial charge in [0.15, 0.2) is 0 Å². The molecule has 0 amide bonds. The molecule has 2 aromatic rings. The monoisotopic (exact) mass is 294 g/mol. The molecule has 2 rings (SSSR count). The Kier molecular flexibility index (Phi) is 4.61. The summed E-state index contributed by atoms with van der Waals surface area (Å²) < 4.78 is 0. The Morgan fingerprint density at radius 3 is 2.68 bits per heavy atom. The van der Waals surface area contributed by atoms with Crippen LogP contribution in [0.1, 0.15) is 36.2 Å². The molecule has 0 unspecified atom stereocenters. The first kappa shape index (κ1) is 14.5. The number of nitrogens with one attached hydrogen (secondary N) is 1. The van der Waals surface area contributed by atoms with Gasteiger partial charge in [-0.1, -0.05) is 44.5 Å². The van der Waals surface area contributed by atoms with Crippen LogP contribution in [0.5, 0.6) is 0 Å². The molecule has 19 heavy (non-hydrogen) atoms. The van der Waals surface area contributed by atoms with E-state index in [9.17, 15) is 0 Å². The summed E-state index contributed by atoms with van der Waals surface area (Å²) in [6, 6.07) is 7.93. The molecule has 1 N–H and O–H groups in total. The van der Waals surface area contributed by atoms with Crippen molar-refractivity contribution in [3.05, 3.63) is 50.9 Å². The third-order valence-corrected chi connectivity index (χ3v) is 4.37. The second kappa shape index (κ2) is 6.04. The molecule has 0 fully saturated rings. The minimum Gasteiger partial charge on any atom is -0.308 e. The van der Waals surface area contributed by atoms with Crippen LogP contribution in [0.15, 0.2) is 30.5 Å². The van der Waals surface area contributed by atoms with Gasteiger partial charge in [0.2, 0.25) is 0 Å². The predicted octanol–water partition coefficient (Wildman–Crippen LogP) is 4.38. The molecule has 1 aromatic heterocycles. The highest BCUT2D eigenvalue weighted by Crippen LogP contribution is 2.26. The van der Waals surface area contributed by atoms with E-state index in [1.165, 1.54) is 15.4 Å². The van der Waals surface area contributed by atoms with Gasteiger partial charge in [-0.2, -0.15) is 0 Å². The molecular weight excluding hydrogens is 276 g/mol. The zero-order chi connectivity index (χ0) is 13.9. The van der Waals surface area contributed by atoms with Crippen molar-refractivity contribution in [3.8, 4) is 0 Å². The molecule has 0 radical (unpaired) electrons. The van der Waals surface area contributed by atoms with Gasteiger partial charge in [0, 0.05) is 34.6 Å². The fraction of sp³-hybridized carbons (Fsp3) is 0.400. The molecule has 2 nitrogen and oxygen atoms in total. The maximum atomic E-state index is 5.96. The molecule has 0 aliphatic heterocycles. The summed E-state index contributed by atoms with van der Waals surface area (Å²) in [6.07, 6.45) is 1.97. The molecule has 0 saturated heterocycles. The Hall–Kier alpha value is -0.900. The minimum absolute atomic E-state index is 0.135. The maximum Gasteiger partial charge on any atom is 0.0981 e. The Labute approximate surface area is 123 Å². The number of thiazole rings is 1. The Morgan fingerprint density at radius 1 is 1.26 bits per heavy atom. The van der Waals surface area contributed by atoms with E-state index in [2.05, 4.69) is 37.1 Å². The van der Waals surface area contributed by atoms with Crippen LogP contribution in [0.25, 0.3) is 0 Å². The average Bonchev–Trinajstić information content (AvgIpc) is 2.77. The minimum atomic E-state index is 0.135. The second-order valence-corrected chi connectivity index (χ2v) is 7.17. The number of rotatable bonds is 4. The van der Waals surface area contributed by atoms with Gasteiger partial charge < -0.3 is 5.32 Å². The van der Waals surface area contributed by atoms with Crippen LogP contribution in [-0.2, 0) is 18.5 Å². The topological polar surface area (TPSA) is 24.9 Å². The third-order valence-electron chi connectivity index (χ3n) is 2.71. The van der Waals surface area contributed by atoms with Crippen molar-refractivity contribution < 1.29 is 0 Å². The predicted molar refractivity (Wildman–Crippen MR) is 82.8 cm³/mol. The molecule has 0 bridgehead atoms. The van der Waals surface area contributed by atoms with Gasteiger partial charge in [0.25, 0.3) is 0 Å². The van der Waals surface area contributed by atoms with Crippen LogP contribution in [0.4, 0.5) is 0 Å². The molecule has 0 atom stereocenters. The van der Waals surface area contributed by atoms with Crippen molar-refractivity contribution in [2.24, 2.45) is 0 Å². The van der Waals surface area contributed by atoms with Crippen molar-refractivity contribution in [1.29, 1.82) is 0 Å². The van der Waals surface area contributed by atoms with Crippen molar-refractivity contribution in [2.45, 2.75) is 39.3 Å². The lowest BCUT2D eigenvalue weighted by molar-refractivity contribution is 0.585. The van der Waals surface area contributed by atoms with Crippen LogP contribution >= 0.6 is 22.9 Å². The number of hydrogen-bond donors (Lipinski definition) is 1. The molecule has 0 spiro atoms. The number of hydrogen-bond acceptors (Lipinski definition) is 3. The molecular formula is C15H19ClN2S. The summed E-state index contributed by atoms with van der Waals surface area (Å²) in [4.78, 5) is 5.75. The maximum absolute atomic E-state index is 5.96. The summed E-state index contributed by atoms with van der Waals surface area (Å²) >= 11 is 7.74. The molecule has 1 heterocycles. The van der Waals surface area contributed by atoms with Crippen LogP contribution in [-0.4, -0.2) is 4.98 Å². The lowest BCUT2D eigenvalue weighted by Crippen LogP contribution is -2.11. The normalized spacial score (nSPS) is 11.8. The average molecular weight is 295 g/mol.